The largest absolute Gasteiger partial charge is 0.352 e. The fourth-order valence-corrected chi connectivity index (χ4v) is 5.72. The molecular formula is C29H23ClF3N5O3. The van der Waals surface area contributed by atoms with Gasteiger partial charge in [-0.1, -0.05) is 41.9 Å². The number of alkyl halides is 2. The molecule has 1 saturated carbocycles. The number of benzene rings is 2. The molecule has 3 amide bonds. The Balaban J connectivity index is 1.70. The van der Waals surface area contributed by atoms with Gasteiger partial charge in [-0.05, 0) is 42.3 Å². The zero-order valence-corrected chi connectivity index (χ0v) is 22.2. The van der Waals surface area contributed by atoms with Crippen molar-refractivity contribution < 1.29 is 27.6 Å². The topological polar surface area (TPSA) is 115 Å². The average molecular weight is 582 g/mol. The van der Waals surface area contributed by atoms with Crippen LogP contribution < -0.4 is 15.5 Å². The quantitative estimate of drug-likeness (QED) is 0.410. The van der Waals surface area contributed by atoms with E-state index < -0.39 is 59.8 Å². The molecule has 3 aromatic rings. The molecule has 0 bridgehead atoms. The van der Waals surface area contributed by atoms with Gasteiger partial charge in [-0.25, -0.2) is 18.2 Å². The summed E-state index contributed by atoms with van der Waals surface area (Å²) in [7, 11) is 0. The van der Waals surface area contributed by atoms with Crippen molar-refractivity contribution in [1.29, 1.82) is 5.26 Å². The van der Waals surface area contributed by atoms with E-state index >= 15 is 0 Å². The molecule has 2 aliphatic rings. The summed E-state index contributed by atoms with van der Waals surface area (Å²) in [5, 5.41) is 14.7. The second-order valence-corrected chi connectivity index (χ2v) is 10.4. The number of carbonyl (C=O) groups is 3. The summed E-state index contributed by atoms with van der Waals surface area (Å²) in [4.78, 5) is 47.2. The Labute approximate surface area is 238 Å². The molecule has 2 N–H and O–H groups in total. The van der Waals surface area contributed by atoms with E-state index in [9.17, 15) is 32.8 Å². The van der Waals surface area contributed by atoms with Crippen molar-refractivity contribution in [3.05, 3.63) is 88.8 Å². The van der Waals surface area contributed by atoms with Crippen LogP contribution in [0.2, 0.25) is 5.02 Å². The van der Waals surface area contributed by atoms with Gasteiger partial charge >= 0.3 is 0 Å². The van der Waals surface area contributed by atoms with Crippen molar-refractivity contribution in [1.82, 2.24) is 10.3 Å². The van der Waals surface area contributed by atoms with E-state index in [0.29, 0.717) is 0 Å². The fourth-order valence-electron chi connectivity index (χ4n) is 5.47. The Kier molecular flexibility index (Phi) is 7.44. The molecule has 2 aromatic carbocycles. The summed E-state index contributed by atoms with van der Waals surface area (Å²) < 4.78 is 42.0. The number of hydrogen-bond acceptors (Lipinski definition) is 5. The van der Waals surface area contributed by atoms with Crippen LogP contribution in [-0.4, -0.2) is 40.2 Å². The van der Waals surface area contributed by atoms with Gasteiger partial charge in [-0.15, -0.1) is 0 Å². The van der Waals surface area contributed by atoms with E-state index in [-0.39, 0.29) is 40.5 Å². The number of rotatable bonds is 7. The van der Waals surface area contributed by atoms with Crippen molar-refractivity contribution >= 4 is 40.8 Å². The first-order chi connectivity index (χ1) is 19.6. The average Bonchev–Trinajstić information content (AvgIpc) is 3.27. The summed E-state index contributed by atoms with van der Waals surface area (Å²) >= 11 is 6.55. The highest BCUT2D eigenvalue weighted by atomic mass is 35.5. The van der Waals surface area contributed by atoms with Crippen LogP contribution >= 0.6 is 11.6 Å². The molecule has 41 heavy (non-hydrogen) atoms. The highest BCUT2D eigenvalue weighted by Gasteiger charge is 2.61. The molecule has 5 rings (SSSR count). The number of anilines is 2. The van der Waals surface area contributed by atoms with Crippen molar-refractivity contribution in [3.63, 3.8) is 0 Å². The molecule has 2 atom stereocenters. The number of nitriles is 1. The predicted molar refractivity (Wildman–Crippen MR) is 144 cm³/mol. The lowest BCUT2D eigenvalue weighted by molar-refractivity contribution is -0.136. The summed E-state index contributed by atoms with van der Waals surface area (Å²) in [6.45, 7) is 0. The Morgan fingerprint density at radius 2 is 1.83 bits per heavy atom. The second-order valence-electron chi connectivity index (χ2n) is 10.0. The van der Waals surface area contributed by atoms with Gasteiger partial charge in [0.1, 0.15) is 17.2 Å². The van der Waals surface area contributed by atoms with Gasteiger partial charge in [0.25, 0.3) is 11.8 Å². The van der Waals surface area contributed by atoms with Crippen LogP contribution in [0.5, 0.6) is 0 Å². The molecular weight excluding hydrogens is 559 g/mol. The molecule has 2 fully saturated rings. The third-order valence-corrected chi connectivity index (χ3v) is 7.72. The molecule has 12 heteroatoms. The standard InChI is InChI=1S/C29H23ClF3N5O3/c30-20-6-2-1-5-19(20)25(26(40)36-18-14-28(32,33)15-18)29(27(41)37-22-8-4-3-7-21(22)31)11-9-24(39)38(29)23-13-17(16-34)10-12-35-23/h1-8,10,12-13,18,25H,9,11,14-15H2,(H,36,40)(H,37,41)/t25-,29?/m1/s1. The van der Waals surface area contributed by atoms with E-state index in [0.717, 1.165) is 11.0 Å². The van der Waals surface area contributed by atoms with E-state index in [4.69, 9.17) is 11.6 Å². The zero-order valence-electron chi connectivity index (χ0n) is 21.4. The Morgan fingerprint density at radius 1 is 1.12 bits per heavy atom. The van der Waals surface area contributed by atoms with Crippen LogP contribution in [0.3, 0.4) is 0 Å². The summed E-state index contributed by atoms with van der Waals surface area (Å²) in [5.74, 6) is -7.64. The van der Waals surface area contributed by atoms with E-state index in [1.54, 1.807) is 12.1 Å². The maximum absolute atomic E-state index is 14.7. The molecule has 8 nitrogen and oxygen atoms in total. The normalized spacial score (nSPS) is 20.6. The molecule has 1 aromatic heterocycles. The van der Waals surface area contributed by atoms with Crippen LogP contribution in [0.15, 0.2) is 66.9 Å². The van der Waals surface area contributed by atoms with Crippen LogP contribution in [0, 0.1) is 17.1 Å². The van der Waals surface area contributed by atoms with Crippen LogP contribution in [0.25, 0.3) is 0 Å². The molecule has 1 unspecified atom stereocenters. The summed E-state index contributed by atoms with van der Waals surface area (Å²) in [6.07, 6.45) is -0.332. The number of nitrogens with zero attached hydrogens (tertiary/aromatic N) is 3. The first-order valence-corrected chi connectivity index (χ1v) is 13.1. The summed E-state index contributed by atoms with van der Waals surface area (Å²) in [6, 6.07) is 15.3. The van der Waals surface area contributed by atoms with Crippen LogP contribution in [-0.2, 0) is 14.4 Å². The van der Waals surface area contributed by atoms with Crippen molar-refractivity contribution in [3.8, 4) is 6.07 Å². The minimum Gasteiger partial charge on any atom is -0.352 e. The first kappa shape index (κ1) is 28.1. The van der Waals surface area contributed by atoms with Gasteiger partial charge in [0.15, 0.2) is 0 Å². The van der Waals surface area contributed by atoms with Crippen LogP contribution in [0.4, 0.5) is 24.7 Å². The maximum atomic E-state index is 14.7. The number of pyridine rings is 1. The van der Waals surface area contributed by atoms with Gasteiger partial charge in [-0.2, -0.15) is 5.26 Å². The van der Waals surface area contributed by atoms with Crippen molar-refractivity contribution in [2.75, 3.05) is 10.2 Å². The minimum absolute atomic E-state index is 0.0858. The Bertz CT molecular complexity index is 1570. The van der Waals surface area contributed by atoms with Gasteiger partial charge in [0, 0.05) is 36.5 Å². The maximum Gasteiger partial charge on any atom is 0.252 e. The van der Waals surface area contributed by atoms with E-state index in [1.165, 1.54) is 48.7 Å². The van der Waals surface area contributed by atoms with Gasteiger partial charge in [0.05, 0.1) is 23.2 Å². The van der Waals surface area contributed by atoms with E-state index in [1.807, 2.05) is 6.07 Å². The number of aromatic nitrogens is 1. The Morgan fingerprint density at radius 3 is 2.51 bits per heavy atom. The minimum atomic E-state index is -2.94. The predicted octanol–water partition coefficient (Wildman–Crippen LogP) is 4.95. The lowest BCUT2D eigenvalue weighted by Crippen LogP contribution is -2.63. The molecule has 1 aliphatic carbocycles. The lowest BCUT2D eigenvalue weighted by Gasteiger charge is -2.43. The smallest absolute Gasteiger partial charge is 0.252 e. The monoisotopic (exact) mass is 581 g/mol. The second kappa shape index (κ2) is 10.9. The zero-order chi connectivity index (χ0) is 29.4. The molecule has 1 aliphatic heterocycles. The highest BCUT2D eigenvalue weighted by Crippen LogP contribution is 2.47. The number of nitrogens with one attached hydrogen (secondary N) is 2. The summed E-state index contributed by atoms with van der Waals surface area (Å²) in [5.41, 5.74) is -2.00. The lowest BCUT2D eigenvalue weighted by atomic mass is 9.74. The van der Waals surface area contributed by atoms with Gasteiger partial charge in [0.2, 0.25) is 11.8 Å². The first-order valence-electron chi connectivity index (χ1n) is 12.7. The highest BCUT2D eigenvalue weighted by molar-refractivity contribution is 6.32. The third-order valence-electron chi connectivity index (χ3n) is 7.38. The number of halogens is 4. The van der Waals surface area contributed by atoms with Crippen LogP contribution in [0.1, 0.15) is 42.7 Å². The number of hydrogen-bond donors (Lipinski definition) is 2. The molecule has 1 saturated heterocycles. The van der Waals surface area contributed by atoms with Crippen molar-refractivity contribution in [2.24, 2.45) is 0 Å². The Hall–Kier alpha value is -4.43. The molecule has 0 spiro atoms. The van der Waals surface area contributed by atoms with Gasteiger partial charge in [-0.3, -0.25) is 19.3 Å². The third kappa shape index (κ3) is 5.23. The number of carbonyl (C=O) groups excluding carboxylic acids is 3. The van der Waals surface area contributed by atoms with E-state index in [2.05, 4.69) is 15.6 Å². The fraction of sp³-hybridized carbons (Fsp3) is 0.276. The van der Waals surface area contributed by atoms with Crippen molar-refractivity contribution in [2.45, 2.75) is 49.1 Å². The number of para-hydroxylation sites is 1. The molecule has 0 radical (unpaired) electrons. The van der Waals surface area contributed by atoms with Gasteiger partial charge < -0.3 is 10.6 Å². The SMILES string of the molecule is N#Cc1ccnc(N2C(=O)CCC2(C(=O)Nc2ccccc2F)[C@@H](C(=O)NC2CC(F)(F)C2)c2ccccc2Cl)c1. The molecule has 2 heterocycles. The number of amides is 3. The molecule has 210 valence electrons.